The number of hydrogen-bond acceptors (Lipinski definition) is 7. The summed E-state index contributed by atoms with van der Waals surface area (Å²) in [5.41, 5.74) is 9.75. The second-order valence-electron chi connectivity index (χ2n) is 7.25. The minimum Gasteiger partial charge on any atom is -0.456 e. The van der Waals surface area contributed by atoms with Gasteiger partial charge in [0.05, 0.1) is 11.1 Å². The summed E-state index contributed by atoms with van der Waals surface area (Å²) in [6.45, 7) is 3.40. The van der Waals surface area contributed by atoms with E-state index in [9.17, 15) is 14.4 Å². The maximum absolute atomic E-state index is 12.2. The van der Waals surface area contributed by atoms with Gasteiger partial charge in [-0.25, -0.2) is 9.50 Å². The lowest BCUT2D eigenvalue weighted by atomic mass is 10.1. The summed E-state index contributed by atoms with van der Waals surface area (Å²) in [4.78, 5) is 40.3. The van der Waals surface area contributed by atoms with E-state index in [1.807, 2.05) is 38.1 Å². The molecular formula is C22H21N5O4S. The van der Waals surface area contributed by atoms with Gasteiger partial charge in [-0.1, -0.05) is 12.1 Å². The van der Waals surface area contributed by atoms with Crippen molar-refractivity contribution in [1.82, 2.24) is 14.6 Å². The summed E-state index contributed by atoms with van der Waals surface area (Å²) in [7, 11) is 0. The first kappa shape index (κ1) is 21.4. The highest BCUT2D eigenvalue weighted by molar-refractivity contribution is 7.14. The zero-order valence-electron chi connectivity index (χ0n) is 17.5. The Morgan fingerprint density at radius 2 is 1.97 bits per heavy atom. The molecule has 9 nitrogen and oxygen atoms in total. The summed E-state index contributed by atoms with van der Waals surface area (Å²) < 4.78 is 6.88. The number of nitrogens with zero attached hydrogens (tertiary/aromatic N) is 3. The van der Waals surface area contributed by atoms with E-state index in [0.29, 0.717) is 11.4 Å². The van der Waals surface area contributed by atoms with Gasteiger partial charge >= 0.3 is 5.97 Å². The van der Waals surface area contributed by atoms with Crippen LogP contribution in [0.2, 0.25) is 0 Å². The van der Waals surface area contributed by atoms with Crippen LogP contribution < -0.4 is 11.1 Å². The first-order chi connectivity index (χ1) is 15.3. The van der Waals surface area contributed by atoms with Gasteiger partial charge in [-0.15, -0.1) is 11.3 Å². The molecule has 164 valence electrons. The van der Waals surface area contributed by atoms with Crippen LogP contribution in [0.4, 0.5) is 5.00 Å². The Hall–Kier alpha value is -3.79. The van der Waals surface area contributed by atoms with Gasteiger partial charge in [0.15, 0.2) is 12.3 Å². The number of primary amides is 1. The van der Waals surface area contributed by atoms with Crippen molar-refractivity contribution in [2.24, 2.45) is 5.73 Å². The van der Waals surface area contributed by atoms with Crippen molar-refractivity contribution in [3.8, 4) is 0 Å². The summed E-state index contributed by atoms with van der Waals surface area (Å²) in [6.07, 6.45) is 0.502. The predicted molar refractivity (Wildman–Crippen MR) is 121 cm³/mol. The Labute approximate surface area is 187 Å². The first-order valence-electron chi connectivity index (χ1n) is 9.91. The van der Waals surface area contributed by atoms with Crippen molar-refractivity contribution in [1.29, 1.82) is 0 Å². The number of hydrogen-bond donors (Lipinski definition) is 2. The van der Waals surface area contributed by atoms with Crippen LogP contribution in [-0.2, 0) is 20.7 Å². The zero-order chi connectivity index (χ0) is 22.8. The van der Waals surface area contributed by atoms with Crippen molar-refractivity contribution >= 4 is 50.7 Å². The van der Waals surface area contributed by atoms with E-state index < -0.39 is 24.4 Å². The average molecular weight is 452 g/mol. The molecule has 0 saturated heterocycles. The molecule has 3 N–H and O–H groups in total. The quantitative estimate of drug-likeness (QED) is 0.416. The molecule has 0 aliphatic rings. The molecule has 0 aliphatic heterocycles. The maximum atomic E-state index is 12.2. The number of ether oxygens (including phenoxy) is 1. The second-order valence-corrected chi connectivity index (χ2v) is 8.17. The minimum atomic E-state index is -0.639. The molecule has 0 saturated carbocycles. The topological polar surface area (TPSA) is 129 Å². The van der Waals surface area contributed by atoms with Crippen LogP contribution in [0.25, 0.3) is 16.6 Å². The lowest BCUT2D eigenvalue weighted by Gasteiger charge is -2.11. The first-order valence-corrected chi connectivity index (χ1v) is 10.8. The van der Waals surface area contributed by atoms with E-state index >= 15 is 0 Å². The Balaban J connectivity index is 1.38. The number of nitrogens with two attached hydrogens (primary N) is 1. The van der Waals surface area contributed by atoms with E-state index in [-0.39, 0.29) is 12.0 Å². The molecule has 10 heteroatoms. The molecule has 1 aromatic carbocycles. The highest BCUT2D eigenvalue weighted by Gasteiger charge is 2.17. The summed E-state index contributed by atoms with van der Waals surface area (Å²) in [6, 6.07) is 9.31. The second kappa shape index (κ2) is 8.75. The highest BCUT2D eigenvalue weighted by atomic mass is 32.1. The fraction of sp³-hybridized carbons (Fsp3) is 0.227. The Bertz CT molecular complexity index is 1360. The lowest BCUT2D eigenvalue weighted by molar-refractivity contribution is -0.147. The van der Waals surface area contributed by atoms with Gasteiger partial charge in [0.2, 0.25) is 0 Å². The van der Waals surface area contributed by atoms with Gasteiger partial charge in [0.25, 0.3) is 11.8 Å². The van der Waals surface area contributed by atoms with E-state index in [0.717, 1.165) is 44.8 Å². The molecule has 0 unspecified atom stereocenters. The summed E-state index contributed by atoms with van der Waals surface area (Å²) in [5, 5.41) is 10.1. The van der Waals surface area contributed by atoms with Crippen LogP contribution in [0.15, 0.2) is 35.7 Å². The number of esters is 1. The van der Waals surface area contributed by atoms with Crippen LogP contribution in [0.1, 0.15) is 33.7 Å². The molecule has 2 amide bonds. The number of carbonyl (C=O) groups is 3. The minimum absolute atomic E-state index is 0.0917. The van der Waals surface area contributed by atoms with Crippen molar-refractivity contribution in [3.63, 3.8) is 0 Å². The van der Waals surface area contributed by atoms with E-state index in [1.54, 1.807) is 9.90 Å². The van der Waals surface area contributed by atoms with Gasteiger partial charge in [-0.3, -0.25) is 14.4 Å². The number of thiophene rings is 1. The molecule has 32 heavy (non-hydrogen) atoms. The van der Waals surface area contributed by atoms with Crippen molar-refractivity contribution in [2.45, 2.75) is 26.7 Å². The van der Waals surface area contributed by atoms with Crippen LogP contribution >= 0.6 is 11.3 Å². The highest BCUT2D eigenvalue weighted by Crippen LogP contribution is 2.24. The number of amides is 2. The van der Waals surface area contributed by atoms with Crippen molar-refractivity contribution in [2.75, 3.05) is 11.9 Å². The number of fused-ring (bicyclic) bond motifs is 3. The lowest BCUT2D eigenvalue weighted by Crippen LogP contribution is -2.22. The largest absolute Gasteiger partial charge is 0.456 e. The predicted octanol–water partition coefficient (Wildman–Crippen LogP) is 2.77. The third-order valence-corrected chi connectivity index (χ3v) is 5.97. The SMILES string of the molecule is Cc1nc2c3ccccc3nn2c(C)c1CCC(=O)OCC(=O)Nc1sccc1C(N)=O. The average Bonchev–Trinajstić information content (AvgIpc) is 3.37. The van der Waals surface area contributed by atoms with Crippen LogP contribution in [0.5, 0.6) is 0 Å². The van der Waals surface area contributed by atoms with E-state index in [4.69, 9.17) is 10.5 Å². The maximum Gasteiger partial charge on any atom is 0.306 e. The molecule has 4 rings (SSSR count). The number of carbonyl (C=O) groups excluding carboxylic acids is 3. The molecule has 0 bridgehead atoms. The Morgan fingerprint density at radius 3 is 2.75 bits per heavy atom. The van der Waals surface area contributed by atoms with E-state index in [2.05, 4.69) is 15.4 Å². The molecule has 3 heterocycles. The third kappa shape index (κ3) is 4.17. The molecule has 4 aromatic rings. The molecular weight excluding hydrogens is 430 g/mol. The summed E-state index contributed by atoms with van der Waals surface area (Å²) in [5.74, 6) is -1.69. The van der Waals surface area contributed by atoms with Gasteiger partial charge in [0, 0.05) is 23.2 Å². The van der Waals surface area contributed by atoms with Crippen LogP contribution in [-0.4, -0.2) is 39.0 Å². The summed E-state index contributed by atoms with van der Waals surface area (Å²) >= 11 is 1.16. The molecule has 0 radical (unpaired) electrons. The number of rotatable bonds is 7. The molecule has 0 aliphatic carbocycles. The fourth-order valence-electron chi connectivity index (χ4n) is 3.55. The molecule has 0 fully saturated rings. The Morgan fingerprint density at radius 1 is 1.19 bits per heavy atom. The van der Waals surface area contributed by atoms with Crippen LogP contribution in [0, 0.1) is 13.8 Å². The van der Waals surface area contributed by atoms with Crippen LogP contribution in [0.3, 0.4) is 0 Å². The number of benzene rings is 1. The van der Waals surface area contributed by atoms with Crippen molar-refractivity contribution in [3.05, 3.63) is 58.2 Å². The number of nitrogens with one attached hydrogen (secondary N) is 1. The smallest absolute Gasteiger partial charge is 0.306 e. The standard InChI is InChI=1S/C22H21N5O4S/c1-12-14(13(2)27-21(24-12)15-5-3-4-6-17(15)26-27)7-8-19(29)31-11-18(28)25-22-16(20(23)30)9-10-32-22/h3-6,9-10H,7-8,11H2,1-2H3,(H2,23,30)(H,25,28). The molecule has 0 spiro atoms. The van der Waals surface area contributed by atoms with Gasteiger partial charge in [-0.05, 0) is 49.4 Å². The van der Waals surface area contributed by atoms with Gasteiger partial charge < -0.3 is 15.8 Å². The zero-order valence-corrected chi connectivity index (χ0v) is 18.4. The Kier molecular flexibility index (Phi) is 5.87. The monoisotopic (exact) mass is 451 g/mol. The van der Waals surface area contributed by atoms with Gasteiger partial charge in [0.1, 0.15) is 5.00 Å². The molecule has 3 aromatic heterocycles. The molecule has 0 atom stereocenters. The van der Waals surface area contributed by atoms with E-state index in [1.165, 1.54) is 6.07 Å². The van der Waals surface area contributed by atoms with Crippen molar-refractivity contribution < 1.29 is 19.1 Å². The number of aryl methyl sites for hydroxylation is 2. The van der Waals surface area contributed by atoms with Gasteiger partial charge in [-0.2, -0.15) is 5.10 Å². The number of aromatic nitrogens is 3. The fourth-order valence-corrected chi connectivity index (χ4v) is 4.35. The normalized spacial score (nSPS) is 11.1. The number of anilines is 1. The third-order valence-electron chi connectivity index (χ3n) is 5.15.